The summed E-state index contributed by atoms with van der Waals surface area (Å²) in [7, 11) is 0. The third kappa shape index (κ3) is 2.03. The molecule has 19 heavy (non-hydrogen) atoms. The quantitative estimate of drug-likeness (QED) is 0.618. The van der Waals surface area contributed by atoms with E-state index in [4.69, 9.17) is 0 Å². The van der Waals surface area contributed by atoms with Gasteiger partial charge in [-0.15, -0.1) is 0 Å². The van der Waals surface area contributed by atoms with Crippen molar-refractivity contribution in [2.24, 2.45) is 0 Å². The molecule has 1 heterocycles. The first-order chi connectivity index (χ1) is 9.01. The second-order valence-electron chi connectivity index (χ2n) is 4.28. The van der Waals surface area contributed by atoms with Crippen LogP contribution < -0.4 is 0 Å². The number of aldehydes is 1. The van der Waals surface area contributed by atoms with Gasteiger partial charge in [-0.05, 0) is 18.6 Å². The lowest BCUT2D eigenvalue weighted by Crippen LogP contribution is -2.40. The minimum absolute atomic E-state index is 0.202. The number of fused-ring (bicyclic) bond motifs is 1. The number of imide groups is 1. The Balaban J connectivity index is 2.46. The van der Waals surface area contributed by atoms with Crippen LogP contribution in [0.2, 0.25) is 0 Å². The van der Waals surface area contributed by atoms with Crippen LogP contribution in [-0.4, -0.2) is 29.0 Å². The lowest BCUT2D eigenvalue weighted by atomic mass is 10.1. The molecule has 0 N–H and O–H groups in total. The first-order valence-electron chi connectivity index (χ1n) is 5.83. The molecule has 0 aliphatic carbocycles. The summed E-state index contributed by atoms with van der Waals surface area (Å²) in [4.78, 5) is 35.7. The van der Waals surface area contributed by atoms with E-state index in [0.29, 0.717) is 31.3 Å². The van der Waals surface area contributed by atoms with E-state index in [1.165, 1.54) is 0 Å². The maximum absolute atomic E-state index is 13.1. The smallest absolute Gasteiger partial charge is 0.262 e. The topological polar surface area (TPSA) is 54.5 Å². The van der Waals surface area contributed by atoms with Crippen molar-refractivity contribution < 1.29 is 23.2 Å². The molecule has 0 fully saturated rings. The average molecular weight is 267 g/mol. The van der Waals surface area contributed by atoms with Crippen molar-refractivity contribution >= 4 is 18.1 Å². The lowest BCUT2D eigenvalue weighted by molar-refractivity contribution is -0.111. The molecule has 0 aromatic heterocycles. The summed E-state index contributed by atoms with van der Waals surface area (Å²) in [5.41, 5.74) is -0.404. The van der Waals surface area contributed by atoms with Crippen molar-refractivity contribution in [3.05, 3.63) is 34.9 Å². The van der Waals surface area contributed by atoms with E-state index in [1.54, 1.807) is 6.92 Å². The summed E-state index contributed by atoms with van der Waals surface area (Å²) >= 11 is 0. The summed E-state index contributed by atoms with van der Waals surface area (Å²) < 4.78 is 26.2. The van der Waals surface area contributed by atoms with E-state index in [9.17, 15) is 23.2 Å². The summed E-state index contributed by atoms with van der Waals surface area (Å²) in [6.07, 6.45) is 1.41. The standard InChI is InChI=1S/C13H11F2NO3/c1-2-3-7(6-17)16-12(18)8-4-10(14)11(15)5-9(8)13(16)19/h4-7H,2-3H2,1H3. The number of benzene rings is 1. The van der Waals surface area contributed by atoms with E-state index in [1.807, 2.05) is 0 Å². The van der Waals surface area contributed by atoms with Crippen LogP contribution in [0.1, 0.15) is 40.5 Å². The Morgan fingerprint density at radius 1 is 1.16 bits per heavy atom. The molecular formula is C13H11F2NO3. The van der Waals surface area contributed by atoms with Crippen LogP contribution in [0.5, 0.6) is 0 Å². The molecule has 1 aromatic carbocycles. The normalized spacial score (nSPS) is 15.6. The van der Waals surface area contributed by atoms with Crippen molar-refractivity contribution in [1.82, 2.24) is 4.90 Å². The lowest BCUT2D eigenvalue weighted by Gasteiger charge is -2.20. The van der Waals surface area contributed by atoms with E-state index < -0.39 is 29.5 Å². The highest BCUT2D eigenvalue weighted by molar-refractivity contribution is 6.22. The molecule has 6 heteroatoms. The zero-order valence-electron chi connectivity index (χ0n) is 10.2. The van der Waals surface area contributed by atoms with Gasteiger partial charge in [-0.3, -0.25) is 14.5 Å². The highest BCUT2D eigenvalue weighted by Crippen LogP contribution is 2.27. The zero-order chi connectivity index (χ0) is 14.2. The highest BCUT2D eigenvalue weighted by atomic mass is 19.2. The van der Waals surface area contributed by atoms with Crippen LogP contribution in [0.4, 0.5) is 8.78 Å². The van der Waals surface area contributed by atoms with Gasteiger partial charge in [0.1, 0.15) is 6.29 Å². The first kappa shape index (κ1) is 13.3. The molecule has 0 spiro atoms. The Bertz CT molecular complexity index is 530. The van der Waals surface area contributed by atoms with Gasteiger partial charge in [0.25, 0.3) is 11.8 Å². The molecule has 100 valence electrons. The van der Waals surface area contributed by atoms with Gasteiger partial charge in [0, 0.05) is 0 Å². The Morgan fingerprint density at radius 3 is 2.00 bits per heavy atom. The average Bonchev–Trinajstić information content (AvgIpc) is 2.61. The number of hydrogen-bond acceptors (Lipinski definition) is 3. The first-order valence-corrected chi connectivity index (χ1v) is 5.83. The fraction of sp³-hybridized carbons (Fsp3) is 0.308. The molecule has 1 aliphatic rings. The van der Waals surface area contributed by atoms with Crippen LogP contribution in [0.25, 0.3) is 0 Å². The molecule has 1 aliphatic heterocycles. The van der Waals surface area contributed by atoms with Crippen molar-refractivity contribution in [3.63, 3.8) is 0 Å². The number of halogens is 2. The molecule has 1 unspecified atom stereocenters. The van der Waals surface area contributed by atoms with Gasteiger partial charge < -0.3 is 4.79 Å². The summed E-state index contributed by atoms with van der Waals surface area (Å²) in [5, 5.41) is 0. The van der Waals surface area contributed by atoms with Gasteiger partial charge in [0.05, 0.1) is 17.2 Å². The van der Waals surface area contributed by atoms with Gasteiger partial charge in [-0.25, -0.2) is 8.78 Å². The second kappa shape index (κ2) is 4.87. The molecule has 1 atom stereocenters. The fourth-order valence-corrected chi connectivity index (χ4v) is 2.11. The highest BCUT2D eigenvalue weighted by Gasteiger charge is 2.40. The third-order valence-electron chi connectivity index (χ3n) is 3.03. The number of nitrogens with zero attached hydrogens (tertiary/aromatic N) is 1. The monoisotopic (exact) mass is 267 g/mol. The van der Waals surface area contributed by atoms with Crippen LogP contribution in [0.15, 0.2) is 12.1 Å². The van der Waals surface area contributed by atoms with Gasteiger partial charge in [0.2, 0.25) is 0 Å². The summed E-state index contributed by atoms with van der Waals surface area (Å²) in [6.45, 7) is 1.80. The maximum Gasteiger partial charge on any atom is 0.262 e. The van der Waals surface area contributed by atoms with Crippen molar-refractivity contribution in [2.75, 3.05) is 0 Å². The largest absolute Gasteiger partial charge is 0.301 e. The van der Waals surface area contributed by atoms with Gasteiger partial charge in [-0.2, -0.15) is 0 Å². The van der Waals surface area contributed by atoms with Crippen molar-refractivity contribution in [2.45, 2.75) is 25.8 Å². The van der Waals surface area contributed by atoms with E-state index in [0.717, 1.165) is 4.90 Å². The molecule has 0 radical (unpaired) electrons. The van der Waals surface area contributed by atoms with Crippen LogP contribution in [0.3, 0.4) is 0 Å². The number of carbonyl (C=O) groups excluding carboxylic acids is 3. The van der Waals surface area contributed by atoms with Gasteiger partial charge >= 0.3 is 0 Å². The molecule has 2 amide bonds. The van der Waals surface area contributed by atoms with E-state index in [2.05, 4.69) is 0 Å². The summed E-state index contributed by atoms with van der Waals surface area (Å²) in [6, 6.07) is 0.487. The SMILES string of the molecule is CCCC(C=O)N1C(=O)c2cc(F)c(F)cc2C1=O. The Morgan fingerprint density at radius 2 is 1.63 bits per heavy atom. The Labute approximate surface area is 108 Å². The van der Waals surface area contributed by atoms with Crippen LogP contribution >= 0.6 is 0 Å². The molecule has 2 rings (SSSR count). The molecule has 0 bridgehead atoms. The number of rotatable bonds is 4. The Kier molecular flexibility index (Phi) is 3.42. The molecular weight excluding hydrogens is 256 g/mol. The third-order valence-corrected chi connectivity index (χ3v) is 3.03. The van der Waals surface area contributed by atoms with Crippen molar-refractivity contribution in [1.29, 1.82) is 0 Å². The van der Waals surface area contributed by atoms with Gasteiger partial charge in [0.15, 0.2) is 11.6 Å². The van der Waals surface area contributed by atoms with Crippen LogP contribution in [-0.2, 0) is 4.79 Å². The predicted octanol–water partition coefficient (Wildman–Crippen LogP) is 1.93. The molecule has 4 nitrogen and oxygen atoms in total. The fourth-order valence-electron chi connectivity index (χ4n) is 2.11. The number of amides is 2. The summed E-state index contributed by atoms with van der Waals surface area (Å²) in [5.74, 6) is -3.91. The molecule has 1 aromatic rings. The molecule has 0 saturated heterocycles. The number of hydrogen-bond donors (Lipinski definition) is 0. The van der Waals surface area contributed by atoms with E-state index >= 15 is 0 Å². The number of carbonyl (C=O) groups is 3. The van der Waals surface area contributed by atoms with Crippen molar-refractivity contribution in [3.8, 4) is 0 Å². The van der Waals surface area contributed by atoms with Crippen LogP contribution in [0, 0.1) is 11.6 Å². The van der Waals surface area contributed by atoms with Gasteiger partial charge in [-0.1, -0.05) is 13.3 Å². The maximum atomic E-state index is 13.1. The molecule has 0 saturated carbocycles. The second-order valence-corrected chi connectivity index (χ2v) is 4.28. The minimum atomic E-state index is -1.19. The zero-order valence-corrected chi connectivity index (χ0v) is 10.2. The van der Waals surface area contributed by atoms with E-state index in [-0.39, 0.29) is 11.1 Å². The predicted molar refractivity (Wildman–Crippen MR) is 61.6 cm³/mol. The Hall–Kier alpha value is -2.11. The minimum Gasteiger partial charge on any atom is -0.301 e.